The predicted octanol–water partition coefficient (Wildman–Crippen LogP) is 2.19. The molecule has 0 saturated carbocycles. The molecule has 0 bridgehead atoms. The van der Waals surface area contributed by atoms with E-state index < -0.39 is 11.5 Å². The number of nitrogens with one attached hydrogen (secondary N) is 2. The van der Waals surface area contributed by atoms with Crippen LogP contribution in [0.3, 0.4) is 0 Å². The highest BCUT2D eigenvalue weighted by molar-refractivity contribution is 7.07. The van der Waals surface area contributed by atoms with Gasteiger partial charge in [0.15, 0.2) is 0 Å². The average molecular weight is 270 g/mol. The van der Waals surface area contributed by atoms with Gasteiger partial charge in [0.2, 0.25) is 0 Å². The van der Waals surface area contributed by atoms with Crippen molar-refractivity contribution < 1.29 is 14.7 Å². The summed E-state index contributed by atoms with van der Waals surface area (Å²) in [6, 6.07) is 1.66. The molecule has 1 heterocycles. The number of amides is 2. The summed E-state index contributed by atoms with van der Waals surface area (Å²) >= 11 is 1.58. The molecule has 0 fully saturated rings. The topological polar surface area (TPSA) is 78.4 Å². The van der Waals surface area contributed by atoms with Crippen molar-refractivity contribution in [2.24, 2.45) is 0 Å². The zero-order chi connectivity index (χ0) is 13.6. The highest BCUT2D eigenvalue weighted by Crippen LogP contribution is 2.11. The first-order valence-electron chi connectivity index (χ1n) is 5.68. The van der Waals surface area contributed by atoms with E-state index in [1.54, 1.807) is 25.2 Å². The van der Waals surface area contributed by atoms with Crippen LogP contribution in [0.15, 0.2) is 16.8 Å². The van der Waals surface area contributed by atoms with Crippen molar-refractivity contribution >= 4 is 23.3 Å². The molecular formula is C12H18N2O3S. The SMILES string of the molecule is CC(C)(CCC(=O)O)NC(=O)NCc1ccsc1. The summed E-state index contributed by atoms with van der Waals surface area (Å²) in [6.07, 6.45) is 0.437. The molecule has 2 amide bonds. The van der Waals surface area contributed by atoms with E-state index in [1.165, 1.54) is 0 Å². The molecule has 0 spiro atoms. The van der Waals surface area contributed by atoms with Crippen molar-refractivity contribution in [2.75, 3.05) is 0 Å². The Hall–Kier alpha value is -1.56. The van der Waals surface area contributed by atoms with Crippen LogP contribution in [0.1, 0.15) is 32.3 Å². The van der Waals surface area contributed by atoms with Crippen LogP contribution in [0.5, 0.6) is 0 Å². The van der Waals surface area contributed by atoms with Crippen molar-refractivity contribution in [1.82, 2.24) is 10.6 Å². The molecule has 18 heavy (non-hydrogen) atoms. The third-order valence-corrected chi connectivity index (χ3v) is 3.18. The monoisotopic (exact) mass is 270 g/mol. The lowest BCUT2D eigenvalue weighted by Gasteiger charge is -2.25. The quantitative estimate of drug-likeness (QED) is 0.741. The third-order valence-electron chi connectivity index (χ3n) is 2.45. The van der Waals surface area contributed by atoms with Crippen molar-refractivity contribution in [3.8, 4) is 0 Å². The number of carbonyl (C=O) groups excluding carboxylic acids is 1. The molecule has 100 valence electrons. The normalized spacial score (nSPS) is 11.0. The van der Waals surface area contributed by atoms with Gasteiger partial charge >= 0.3 is 12.0 Å². The number of carbonyl (C=O) groups is 2. The molecule has 0 atom stereocenters. The van der Waals surface area contributed by atoms with E-state index in [4.69, 9.17) is 5.11 Å². The molecule has 0 aliphatic rings. The Labute approximate surface area is 110 Å². The maximum Gasteiger partial charge on any atom is 0.315 e. The lowest BCUT2D eigenvalue weighted by molar-refractivity contribution is -0.137. The van der Waals surface area contributed by atoms with Gasteiger partial charge in [-0.3, -0.25) is 4.79 Å². The number of urea groups is 1. The fraction of sp³-hybridized carbons (Fsp3) is 0.500. The second-order valence-electron chi connectivity index (χ2n) is 4.72. The molecule has 0 aliphatic carbocycles. The summed E-state index contributed by atoms with van der Waals surface area (Å²) < 4.78 is 0. The van der Waals surface area contributed by atoms with Gasteiger partial charge in [-0.05, 0) is 42.7 Å². The van der Waals surface area contributed by atoms with E-state index in [0.717, 1.165) is 5.56 Å². The van der Waals surface area contributed by atoms with Crippen LogP contribution < -0.4 is 10.6 Å². The molecule has 5 nitrogen and oxygen atoms in total. The van der Waals surface area contributed by atoms with Crippen LogP contribution in [-0.2, 0) is 11.3 Å². The van der Waals surface area contributed by atoms with Crippen LogP contribution >= 0.6 is 11.3 Å². The molecule has 3 N–H and O–H groups in total. The Balaban J connectivity index is 2.31. The molecule has 6 heteroatoms. The van der Waals surface area contributed by atoms with E-state index in [2.05, 4.69) is 10.6 Å². The molecular weight excluding hydrogens is 252 g/mol. The number of thiophene rings is 1. The molecule has 0 saturated heterocycles. The first-order valence-corrected chi connectivity index (χ1v) is 6.62. The zero-order valence-electron chi connectivity index (χ0n) is 10.5. The third kappa shape index (κ3) is 5.67. The van der Waals surface area contributed by atoms with E-state index in [9.17, 15) is 9.59 Å². The summed E-state index contributed by atoms with van der Waals surface area (Å²) in [5.74, 6) is -0.858. The number of carboxylic acid groups (broad SMARTS) is 1. The molecule has 0 aromatic carbocycles. The maximum absolute atomic E-state index is 11.6. The smallest absolute Gasteiger partial charge is 0.315 e. The van der Waals surface area contributed by atoms with Gasteiger partial charge in [-0.1, -0.05) is 0 Å². The van der Waals surface area contributed by atoms with E-state index in [0.29, 0.717) is 13.0 Å². The van der Waals surface area contributed by atoms with Crippen molar-refractivity contribution in [2.45, 2.75) is 38.8 Å². The van der Waals surface area contributed by atoms with Crippen LogP contribution in [0.25, 0.3) is 0 Å². The second kappa shape index (κ2) is 6.39. The number of aliphatic carboxylic acids is 1. The predicted molar refractivity (Wildman–Crippen MR) is 70.6 cm³/mol. The highest BCUT2D eigenvalue weighted by atomic mass is 32.1. The minimum absolute atomic E-state index is 0.0395. The number of hydrogen-bond acceptors (Lipinski definition) is 3. The van der Waals surface area contributed by atoms with Crippen LogP contribution in [0.4, 0.5) is 4.79 Å². The summed E-state index contributed by atoms with van der Waals surface area (Å²) in [5, 5.41) is 18.0. The van der Waals surface area contributed by atoms with Crippen molar-refractivity contribution in [3.05, 3.63) is 22.4 Å². The van der Waals surface area contributed by atoms with Gasteiger partial charge in [0.25, 0.3) is 0 Å². The van der Waals surface area contributed by atoms with Crippen LogP contribution in [0, 0.1) is 0 Å². The van der Waals surface area contributed by atoms with Gasteiger partial charge < -0.3 is 15.7 Å². The molecule has 1 aromatic rings. The summed E-state index contributed by atoms with van der Waals surface area (Å²) in [7, 11) is 0. The number of hydrogen-bond donors (Lipinski definition) is 3. The van der Waals surface area contributed by atoms with Crippen molar-refractivity contribution in [3.63, 3.8) is 0 Å². The Kier molecular flexibility index (Phi) is 5.15. The summed E-state index contributed by atoms with van der Waals surface area (Å²) in [5.41, 5.74) is 0.524. The largest absolute Gasteiger partial charge is 0.481 e. The van der Waals surface area contributed by atoms with Crippen LogP contribution in [0.2, 0.25) is 0 Å². The lowest BCUT2D eigenvalue weighted by Crippen LogP contribution is -2.48. The Morgan fingerprint density at radius 2 is 2.17 bits per heavy atom. The Morgan fingerprint density at radius 1 is 1.44 bits per heavy atom. The first-order chi connectivity index (χ1) is 8.39. The highest BCUT2D eigenvalue weighted by Gasteiger charge is 2.21. The lowest BCUT2D eigenvalue weighted by atomic mass is 9.99. The Bertz CT molecular complexity index is 401. The molecule has 0 aliphatic heterocycles. The standard InChI is InChI=1S/C12H18N2O3S/c1-12(2,5-3-10(15)16)14-11(17)13-7-9-4-6-18-8-9/h4,6,8H,3,5,7H2,1-2H3,(H,15,16)(H2,13,14,17). The fourth-order valence-electron chi connectivity index (χ4n) is 1.41. The summed E-state index contributed by atoms with van der Waals surface area (Å²) in [4.78, 5) is 22.1. The molecule has 0 unspecified atom stereocenters. The maximum atomic E-state index is 11.6. The first kappa shape index (κ1) is 14.5. The van der Waals surface area contributed by atoms with Gasteiger partial charge in [-0.2, -0.15) is 11.3 Å². The number of rotatable bonds is 6. The number of carboxylic acids is 1. The van der Waals surface area contributed by atoms with Gasteiger partial charge in [0, 0.05) is 18.5 Å². The average Bonchev–Trinajstić information content (AvgIpc) is 2.76. The van der Waals surface area contributed by atoms with Gasteiger partial charge in [0.1, 0.15) is 0 Å². The molecule has 0 radical (unpaired) electrons. The van der Waals surface area contributed by atoms with E-state index >= 15 is 0 Å². The minimum atomic E-state index is -0.858. The second-order valence-corrected chi connectivity index (χ2v) is 5.50. The fourth-order valence-corrected chi connectivity index (χ4v) is 2.08. The zero-order valence-corrected chi connectivity index (χ0v) is 11.3. The van der Waals surface area contributed by atoms with Gasteiger partial charge in [-0.15, -0.1) is 0 Å². The van der Waals surface area contributed by atoms with Crippen molar-refractivity contribution in [1.29, 1.82) is 0 Å². The van der Waals surface area contributed by atoms with Gasteiger partial charge in [0.05, 0.1) is 0 Å². The van der Waals surface area contributed by atoms with Crippen LogP contribution in [-0.4, -0.2) is 22.6 Å². The molecule has 1 aromatic heterocycles. The summed E-state index contributed by atoms with van der Waals surface area (Å²) in [6.45, 7) is 4.09. The minimum Gasteiger partial charge on any atom is -0.481 e. The van der Waals surface area contributed by atoms with E-state index in [1.807, 2.05) is 16.8 Å². The Morgan fingerprint density at radius 3 is 2.72 bits per heavy atom. The van der Waals surface area contributed by atoms with E-state index in [-0.39, 0.29) is 12.5 Å². The molecule has 1 rings (SSSR count). The van der Waals surface area contributed by atoms with Gasteiger partial charge in [-0.25, -0.2) is 4.79 Å².